The highest BCUT2D eigenvalue weighted by atomic mass is 35.5. The third-order valence-corrected chi connectivity index (χ3v) is 3.38. The summed E-state index contributed by atoms with van der Waals surface area (Å²) in [7, 11) is 0. The van der Waals surface area contributed by atoms with Crippen molar-refractivity contribution in [2.24, 2.45) is 5.92 Å². The Morgan fingerprint density at radius 3 is 2.67 bits per heavy atom. The summed E-state index contributed by atoms with van der Waals surface area (Å²) in [5.74, 6) is 2.50. The predicted octanol–water partition coefficient (Wildman–Crippen LogP) is 3.06. The molecule has 0 bridgehead atoms. The van der Waals surface area contributed by atoms with Crippen molar-refractivity contribution in [1.29, 1.82) is 0 Å². The number of alkyl halides is 1. The average molecular weight is 225 g/mol. The normalized spacial score (nSPS) is 18.1. The minimum Gasteiger partial charge on any atom is -0.357 e. The number of halogens is 1. The van der Waals surface area contributed by atoms with E-state index in [1.54, 1.807) is 0 Å². The molecule has 3 heteroatoms. The van der Waals surface area contributed by atoms with Gasteiger partial charge in [0.25, 0.3) is 0 Å². The first-order valence-electron chi connectivity index (χ1n) is 5.55. The molecule has 0 unspecified atom stereocenters. The molecule has 15 heavy (non-hydrogen) atoms. The van der Waals surface area contributed by atoms with Crippen molar-refractivity contribution in [3.05, 3.63) is 23.9 Å². The van der Waals surface area contributed by atoms with Gasteiger partial charge in [0, 0.05) is 25.2 Å². The molecule has 1 saturated heterocycles. The Balaban J connectivity index is 2.03. The summed E-state index contributed by atoms with van der Waals surface area (Å²) >= 11 is 5.73. The smallest absolute Gasteiger partial charge is 0.128 e. The lowest BCUT2D eigenvalue weighted by Gasteiger charge is -2.31. The first-order valence-corrected chi connectivity index (χ1v) is 6.09. The Morgan fingerprint density at radius 1 is 1.40 bits per heavy atom. The van der Waals surface area contributed by atoms with Crippen LogP contribution < -0.4 is 4.90 Å². The van der Waals surface area contributed by atoms with Gasteiger partial charge in [-0.05, 0) is 30.4 Å². The molecule has 0 aromatic carbocycles. The van der Waals surface area contributed by atoms with Crippen LogP contribution in [0.15, 0.2) is 18.3 Å². The number of nitrogens with zero attached hydrogens (tertiary/aromatic N) is 2. The molecule has 2 heterocycles. The lowest BCUT2D eigenvalue weighted by atomic mass is 9.99. The fraction of sp³-hybridized carbons (Fsp3) is 0.583. The number of piperidine rings is 1. The minimum atomic E-state index is 0.546. The number of aromatic nitrogens is 1. The van der Waals surface area contributed by atoms with Gasteiger partial charge in [-0.1, -0.05) is 13.0 Å². The second-order valence-corrected chi connectivity index (χ2v) is 4.60. The average Bonchev–Trinajstić information content (AvgIpc) is 2.30. The summed E-state index contributed by atoms with van der Waals surface area (Å²) in [5, 5.41) is 0. The van der Waals surface area contributed by atoms with Crippen LogP contribution in [0.25, 0.3) is 0 Å². The van der Waals surface area contributed by atoms with Crippen molar-refractivity contribution in [3.63, 3.8) is 0 Å². The van der Waals surface area contributed by atoms with Gasteiger partial charge in [0.15, 0.2) is 0 Å². The summed E-state index contributed by atoms with van der Waals surface area (Å²) in [6, 6.07) is 4.14. The van der Waals surface area contributed by atoms with E-state index >= 15 is 0 Å². The van der Waals surface area contributed by atoms with Gasteiger partial charge in [-0.15, -0.1) is 11.6 Å². The van der Waals surface area contributed by atoms with Gasteiger partial charge in [0.2, 0.25) is 0 Å². The van der Waals surface area contributed by atoms with Crippen molar-refractivity contribution in [2.45, 2.75) is 25.6 Å². The van der Waals surface area contributed by atoms with E-state index in [4.69, 9.17) is 11.6 Å². The van der Waals surface area contributed by atoms with Gasteiger partial charge >= 0.3 is 0 Å². The van der Waals surface area contributed by atoms with Gasteiger partial charge in [0.05, 0.1) is 0 Å². The Bertz CT molecular complexity index is 302. The highest BCUT2D eigenvalue weighted by molar-refractivity contribution is 6.17. The molecular formula is C12H17ClN2. The zero-order chi connectivity index (χ0) is 10.7. The van der Waals surface area contributed by atoms with Crippen LogP contribution >= 0.6 is 11.6 Å². The van der Waals surface area contributed by atoms with Crippen molar-refractivity contribution in [1.82, 2.24) is 4.98 Å². The Hall–Kier alpha value is -0.760. The van der Waals surface area contributed by atoms with Crippen molar-refractivity contribution >= 4 is 17.4 Å². The van der Waals surface area contributed by atoms with Gasteiger partial charge in [-0.25, -0.2) is 4.98 Å². The molecule has 0 amide bonds. The molecular weight excluding hydrogens is 208 g/mol. The van der Waals surface area contributed by atoms with Crippen LogP contribution in [0.1, 0.15) is 25.3 Å². The van der Waals surface area contributed by atoms with Crippen LogP contribution in [0.3, 0.4) is 0 Å². The van der Waals surface area contributed by atoms with Crippen LogP contribution in [-0.2, 0) is 5.88 Å². The maximum absolute atomic E-state index is 5.73. The molecule has 0 saturated carbocycles. The predicted molar refractivity (Wildman–Crippen MR) is 64.4 cm³/mol. The number of hydrogen-bond acceptors (Lipinski definition) is 2. The molecule has 1 aliphatic rings. The Kier molecular flexibility index (Phi) is 3.47. The topological polar surface area (TPSA) is 16.1 Å². The zero-order valence-corrected chi connectivity index (χ0v) is 9.87. The molecule has 1 aromatic heterocycles. The lowest BCUT2D eigenvalue weighted by molar-refractivity contribution is 0.436. The van der Waals surface area contributed by atoms with Crippen LogP contribution in [0.2, 0.25) is 0 Å². The number of pyridine rings is 1. The maximum Gasteiger partial charge on any atom is 0.128 e. The molecule has 0 atom stereocenters. The highest BCUT2D eigenvalue weighted by Gasteiger charge is 2.16. The second kappa shape index (κ2) is 4.84. The Morgan fingerprint density at radius 2 is 2.13 bits per heavy atom. The monoisotopic (exact) mass is 224 g/mol. The molecule has 1 fully saturated rings. The molecule has 0 radical (unpaired) electrons. The van der Waals surface area contributed by atoms with E-state index in [9.17, 15) is 0 Å². The van der Waals surface area contributed by atoms with Crippen molar-refractivity contribution < 1.29 is 0 Å². The van der Waals surface area contributed by atoms with E-state index in [2.05, 4.69) is 28.9 Å². The first-order chi connectivity index (χ1) is 7.29. The SMILES string of the molecule is CC1CCN(c2ccc(CCl)cn2)CC1. The van der Waals surface area contributed by atoms with Crippen LogP contribution in [0.5, 0.6) is 0 Å². The molecule has 0 aliphatic carbocycles. The van der Waals surface area contributed by atoms with E-state index in [0.29, 0.717) is 5.88 Å². The first kappa shape index (κ1) is 10.7. The molecule has 0 N–H and O–H groups in total. The van der Waals surface area contributed by atoms with E-state index < -0.39 is 0 Å². The van der Waals surface area contributed by atoms with Crippen LogP contribution in [0.4, 0.5) is 5.82 Å². The van der Waals surface area contributed by atoms with Gasteiger partial charge in [-0.3, -0.25) is 0 Å². The third kappa shape index (κ3) is 2.63. The highest BCUT2D eigenvalue weighted by Crippen LogP contribution is 2.21. The molecule has 0 spiro atoms. The van der Waals surface area contributed by atoms with E-state index in [1.165, 1.54) is 12.8 Å². The van der Waals surface area contributed by atoms with E-state index in [0.717, 1.165) is 30.4 Å². The van der Waals surface area contributed by atoms with Gasteiger partial charge in [-0.2, -0.15) is 0 Å². The molecule has 1 aromatic rings. The minimum absolute atomic E-state index is 0.546. The molecule has 2 rings (SSSR count). The van der Waals surface area contributed by atoms with E-state index in [-0.39, 0.29) is 0 Å². The summed E-state index contributed by atoms with van der Waals surface area (Å²) in [5.41, 5.74) is 1.09. The van der Waals surface area contributed by atoms with Gasteiger partial charge < -0.3 is 4.90 Å². The van der Waals surface area contributed by atoms with Crippen molar-refractivity contribution in [2.75, 3.05) is 18.0 Å². The summed E-state index contributed by atoms with van der Waals surface area (Å²) in [6.07, 6.45) is 4.43. The Labute approximate surface area is 96.3 Å². The maximum atomic E-state index is 5.73. The number of anilines is 1. The zero-order valence-electron chi connectivity index (χ0n) is 9.12. The fourth-order valence-electron chi connectivity index (χ4n) is 1.92. The lowest BCUT2D eigenvalue weighted by Crippen LogP contribution is -2.33. The summed E-state index contributed by atoms with van der Waals surface area (Å²) in [6.45, 7) is 4.59. The fourth-order valence-corrected chi connectivity index (χ4v) is 2.08. The largest absolute Gasteiger partial charge is 0.357 e. The second-order valence-electron chi connectivity index (χ2n) is 4.33. The van der Waals surface area contributed by atoms with E-state index in [1.807, 2.05) is 6.20 Å². The summed E-state index contributed by atoms with van der Waals surface area (Å²) < 4.78 is 0. The number of rotatable bonds is 2. The third-order valence-electron chi connectivity index (χ3n) is 3.07. The molecule has 82 valence electrons. The van der Waals surface area contributed by atoms with Crippen LogP contribution in [0, 0.1) is 5.92 Å². The van der Waals surface area contributed by atoms with Crippen LogP contribution in [-0.4, -0.2) is 18.1 Å². The summed E-state index contributed by atoms with van der Waals surface area (Å²) in [4.78, 5) is 6.80. The number of hydrogen-bond donors (Lipinski definition) is 0. The van der Waals surface area contributed by atoms with Gasteiger partial charge in [0.1, 0.15) is 5.82 Å². The quantitative estimate of drug-likeness (QED) is 0.718. The molecule has 2 nitrogen and oxygen atoms in total. The standard InChI is InChI=1S/C12H17ClN2/c1-10-4-6-15(7-5-10)12-3-2-11(8-13)9-14-12/h2-3,9-10H,4-8H2,1H3. The molecule has 1 aliphatic heterocycles. The van der Waals surface area contributed by atoms with Crippen molar-refractivity contribution in [3.8, 4) is 0 Å².